The van der Waals surface area contributed by atoms with Gasteiger partial charge in [0, 0.05) is 5.75 Å². The summed E-state index contributed by atoms with van der Waals surface area (Å²) in [5.74, 6) is 7.70. The first-order valence-electron chi connectivity index (χ1n) is 6.21. The first-order valence-corrected chi connectivity index (χ1v) is 7.37. The molecule has 1 rings (SSSR count). The monoisotopic (exact) mass is 266 g/mol. The molecule has 0 saturated heterocycles. The number of carbonyl (C=O) groups is 1. The summed E-state index contributed by atoms with van der Waals surface area (Å²) < 4.78 is 0. The molecule has 0 aliphatic carbocycles. The summed E-state index contributed by atoms with van der Waals surface area (Å²) in [6.07, 6.45) is 0. The average molecular weight is 266 g/mol. The molecule has 100 valence electrons. The van der Waals surface area contributed by atoms with Gasteiger partial charge in [-0.2, -0.15) is 11.8 Å². The molecule has 3 nitrogen and oxygen atoms in total. The lowest BCUT2D eigenvalue weighted by molar-refractivity contribution is -0.122. The van der Waals surface area contributed by atoms with Crippen LogP contribution in [-0.4, -0.2) is 11.7 Å². The molecule has 4 heteroatoms. The van der Waals surface area contributed by atoms with Crippen LogP contribution in [0, 0.1) is 5.92 Å². The predicted molar refractivity (Wildman–Crippen MR) is 78.2 cm³/mol. The average Bonchev–Trinajstić information content (AvgIpc) is 2.37. The summed E-state index contributed by atoms with van der Waals surface area (Å²) in [7, 11) is 0. The Morgan fingerprint density at radius 1 is 1.28 bits per heavy atom. The third kappa shape index (κ3) is 4.70. The Balaban J connectivity index is 2.54. The van der Waals surface area contributed by atoms with E-state index in [4.69, 9.17) is 5.84 Å². The van der Waals surface area contributed by atoms with Crippen molar-refractivity contribution in [2.75, 3.05) is 5.75 Å². The van der Waals surface area contributed by atoms with E-state index in [2.05, 4.69) is 31.4 Å². The fourth-order valence-electron chi connectivity index (χ4n) is 1.59. The van der Waals surface area contributed by atoms with Crippen LogP contribution in [0.25, 0.3) is 0 Å². The molecular weight excluding hydrogens is 244 g/mol. The molecule has 0 spiro atoms. The van der Waals surface area contributed by atoms with Crippen LogP contribution in [0.4, 0.5) is 0 Å². The molecule has 1 amide bonds. The molecule has 0 fully saturated rings. The van der Waals surface area contributed by atoms with E-state index in [-0.39, 0.29) is 11.8 Å². The topological polar surface area (TPSA) is 55.1 Å². The quantitative estimate of drug-likeness (QED) is 0.473. The lowest BCUT2D eigenvalue weighted by Gasteiger charge is -2.11. The van der Waals surface area contributed by atoms with Crippen molar-refractivity contribution < 1.29 is 4.79 Å². The van der Waals surface area contributed by atoms with E-state index in [9.17, 15) is 4.79 Å². The second-order valence-electron chi connectivity index (χ2n) is 4.88. The maximum absolute atomic E-state index is 11.4. The first-order chi connectivity index (χ1) is 8.54. The van der Waals surface area contributed by atoms with Gasteiger partial charge in [-0.3, -0.25) is 10.2 Å². The second-order valence-corrected chi connectivity index (χ2v) is 5.91. The highest BCUT2D eigenvalue weighted by molar-refractivity contribution is 7.98. The van der Waals surface area contributed by atoms with Crippen LogP contribution >= 0.6 is 11.8 Å². The van der Waals surface area contributed by atoms with Crippen molar-refractivity contribution in [3.63, 3.8) is 0 Å². The van der Waals surface area contributed by atoms with E-state index in [1.54, 1.807) is 0 Å². The Morgan fingerprint density at radius 3 is 2.39 bits per heavy atom. The van der Waals surface area contributed by atoms with E-state index in [1.165, 1.54) is 11.3 Å². The lowest BCUT2D eigenvalue weighted by atomic mass is 9.99. The van der Waals surface area contributed by atoms with E-state index >= 15 is 0 Å². The molecule has 1 unspecified atom stereocenters. The van der Waals surface area contributed by atoms with Gasteiger partial charge < -0.3 is 0 Å². The second kappa shape index (κ2) is 7.44. The van der Waals surface area contributed by atoms with Crippen LogP contribution in [0.3, 0.4) is 0 Å². The molecule has 0 aliphatic heterocycles. The number of nitrogens with one attached hydrogen (secondary N) is 1. The van der Waals surface area contributed by atoms with Gasteiger partial charge in [0.2, 0.25) is 5.91 Å². The van der Waals surface area contributed by atoms with E-state index in [1.807, 2.05) is 30.8 Å². The standard InChI is InChI=1S/C14H22N2OS/c1-10(2)8-18-9-12-4-6-13(7-5-12)11(3)14(17)16-15/h4-7,10-11H,8-9,15H2,1-3H3,(H,16,17). The fourth-order valence-corrected chi connectivity index (χ4v) is 2.61. The van der Waals surface area contributed by atoms with Gasteiger partial charge in [0.15, 0.2) is 0 Å². The van der Waals surface area contributed by atoms with Crippen molar-refractivity contribution in [2.24, 2.45) is 11.8 Å². The largest absolute Gasteiger partial charge is 0.294 e. The summed E-state index contributed by atoms with van der Waals surface area (Å²) in [5, 5.41) is 0. The number of rotatable bonds is 6. The highest BCUT2D eigenvalue weighted by Crippen LogP contribution is 2.19. The molecule has 0 saturated carbocycles. The first kappa shape index (κ1) is 15.1. The molecule has 1 aromatic rings. The minimum Gasteiger partial charge on any atom is -0.294 e. The van der Waals surface area contributed by atoms with Gasteiger partial charge >= 0.3 is 0 Å². The van der Waals surface area contributed by atoms with Gasteiger partial charge in [-0.05, 0) is 29.7 Å². The number of amides is 1. The Morgan fingerprint density at radius 2 is 1.89 bits per heavy atom. The van der Waals surface area contributed by atoms with Crippen molar-refractivity contribution in [2.45, 2.75) is 32.4 Å². The van der Waals surface area contributed by atoms with Crippen molar-refractivity contribution in [3.8, 4) is 0 Å². The van der Waals surface area contributed by atoms with E-state index < -0.39 is 0 Å². The van der Waals surface area contributed by atoms with Crippen molar-refractivity contribution in [1.29, 1.82) is 0 Å². The molecule has 0 aliphatic rings. The number of hydrazine groups is 1. The van der Waals surface area contributed by atoms with Crippen molar-refractivity contribution >= 4 is 17.7 Å². The van der Waals surface area contributed by atoms with E-state index in [0.717, 1.165) is 17.2 Å². The summed E-state index contributed by atoms with van der Waals surface area (Å²) in [6.45, 7) is 6.30. The minimum absolute atomic E-state index is 0.156. The third-order valence-electron chi connectivity index (χ3n) is 2.74. The predicted octanol–water partition coefficient (Wildman–Crippen LogP) is 2.67. The van der Waals surface area contributed by atoms with Crippen LogP contribution < -0.4 is 11.3 Å². The van der Waals surface area contributed by atoms with Crippen LogP contribution in [0.2, 0.25) is 0 Å². The molecular formula is C14H22N2OS. The van der Waals surface area contributed by atoms with Crippen molar-refractivity contribution in [3.05, 3.63) is 35.4 Å². The normalized spacial score (nSPS) is 12.5. The van der Waals surface area contributed by atoms with Gasteiger partial charge in [-0.15, -0.1) is 0 Å². The number of benzene rings is 1. The molecule has 3 N–H and O–H groups in total. The number of thioether (sulfide) groups is 1. The smallest absolute Gasteiger partial charge is 0.241 e. The molecule has 18 heavy (non-hydrogen) atoms. The SMILES string of the molecule is CC(C)CSCc1ccc(C(C)C(=O)NN)cc1. The van der Waals surface area contributed by atoms with Gasteiger partial charge in [-0.1, -0.05) is 38.1 Å². The zero-order chi connectivity index (χ0) is 13.5. The molecule has 0 heterocycles. The summed E-state index contributed by atoms with van der Waals surface area (Å²) in [6, 6.07) is 8.18. The zero-order valence-corrected chi connectivity index (χ0v) is 12.1. The molecule has 1 aromatic carbocycles. The zero-order valence-electron chi connectivity index (χ0n) is 11.3. The Bertz CT molecular complexity index is 376. The van der Waals surface area contributed by atoms with E-state index in [0.29, 0.717) is 0 Å². The highest BCUT2D eigenvalue weighted by atomic mass is 32.2. The maximum Gasteiger partial charge on any atom is 0.241 e. The van der Waals surface area contributed by atoms with Gasteiger partial charge in [0.05, 0.1) is 5.92 Å². The molecule has 0 radical (unpaired) electrons. The maximum atomic E-state index is 11.4. The molecule has 0 aromatic heterocycles. The third-order valence-corrected chi connectivity index (χ3v) is 4.18. The number of hydrogen-bond donors (Lipinski definition) is 2. The molecule has 0 bridgehead atoms. The summed E-state index contributed by atoms with van der Waals surface area (Å²) in [5.41, 5.74) is 4.47. The van der Waals surface area contributed by atoms with Crippen LogP contribution in [0.1, 0.15) is 37.8 Å². The van der Waals surface area contributed by atoms with Gasteiger partial charge in [0.1, 0.15) is 0 Å². The summed E-state index contributed by atoms with van der Waals surface area (Å²) >= 11 is 1.94. The van der Waals surface area contributed by atoms with Gasteiger partial charge in [0.25, 0.3) is 0 Å². The fraction of sp³-hybridized carbons (Fsp3) is 0.500. The Hall–Kier alpha value is -1.00. The number of hydrogen-bond acceptors (Lipinski definition) is 3. The Kier molecular flexibility index (Phi) is 6.22. The van der Waals surface area contributed by atoms with Crippen LogP contribution in [0.5, 0.6) is 0 Å². The lowest BCUT2D eigenvalue weighted by Crippen LogP contribution is -2.33. The summed E-state index contributed by atoms with van der Waals surface area (Å²) in [4.78, 5) is 11.4. The number of carbonyl (C=O) groups excluding carboxylic acids is 1. The van der Waals surface area contributed by atoms with Crippen LogP contribution in [0.15, 0.2) is 24.3 Å². The van der Waals surface area contributed by atoms with Gasteiger partial charge in [-0.25, -0.2) is 5.84 Å². The number of nitrogens with two attached hydrogens (primary N) is 1. The minimum atomic E-state index is -0.202. The van der Waals surface area contributed by atoms with Crippen molar-refractivity contribution in [1.82, 2.24) is 5.43 Å². The Labute approximate surface area is 113 Å². The van der Waals surface area contributed by atoms with Crippen LogP contribution in [-0.2, 0) is 10.5 Å². The highest BCUT2D eigenvalue weighted by Gasteiger charge is 2.13. The molecule has 1 atom stereocenters.